The van der Waals surface area contributed by atoms with Gasteiger partial charge in [0.2, 0.25) is 10.0 Å². The monoisotopic (exact) mass is 271 g/mol. The molecule has 2 aromatic rings. The van der Waals surface area contributed by atoms with Crippen molar-refractivity contribution < 1.29 is 8.42 Å². The molecule has 4 rings (SSSR count). The Kier molecular flexibility index (Phi) is 2.04. The molecular weight excluding hydrogens is 258 g/mol. The van der Waals surface area contributed by atoms with Crippen molar-refractivity contribution in [3.63, 3.8) is 0 Å². The molecule has 0 radical (unpaired) electrons. The van der Waals surface area contributed by atoms with Gasteiger partial charge in [0, 0.05) is 0 Å². The first-order valence-corrected chi connectivity index (χ1v) is 7.84. The Labute approximate surface area is 112 Å². The van der Waals surface area contributed by atoms with Gasteiger partial charge in [0.25, 0.3) is 0 Å². The minimum absolute atomic E-state index is 0.423. The van der Waals surface area contributed by atoms with Gasteiger partial charge in [0.15, 0.2) is 0 Å². The smallest absolute Gasteiger partial charge is 0.207 e. The highest BCUT2D eigenvalue weighted by atomic mass is 32.2. The fraction of sp³-hybridized carbons (Fsp3) is 0.200. The molecule has 0 amide bonds. The molecule has 2 aliphatic rings. The predicted octanol–water partition coefficient (Wildman–Crippen LogP) is 2.17. The minimum Gasteiger partial charge on any atom is -0.207 e. The summed E-state index contributed by atoms with van der Waals surface area (Å²) in [4.78, 5) is 0.423. The number of fused-ring (bicyclic) bond motifs is 4. The van der Waals surface area contributed by atoms with Gasteiger partial charge >= 0.3 is 0 Å². The standard InChI is InChI=1S/C15H13NO2S/c17-19(18)14-8-4-3-7-13(14)15(16-19)10-9-11-5-1-2-6-12(11)15/h1-8,16H,9-10H2/t15-/m0/s1. The average Bonchev–Trinajstić information content (AvgIpc) is 2.89. The van der Waals surface area contributed by atoms with Crippen molar-refractivity contribution in [2.24, 2.45) is 0 Å². The van der Waals surface area contributed by atoms with Crippen LogP contribution >= 0.6 is 0 Å². The summed E-state index contributed by atoms with van der Waals surface area (Å²) in [7, 11) is -3.39. The quantitative estimate of drug-likeness (QED) is 0.798. The summed E-state index contributed by atoms with van der Waals surface area (Å²) in [5.41, 5.74) is 2.68. The molecule has 19 heavy (non-hydrogen) atoms. The van der Waals surface area contributed by atoms with E-state index in [1.54, 1.807) is 12.1 Å². The Morgan fingerprint density at radius 3 is 2.47 bits per heavy atom. The Hall–Kier alpha value is -1.65. The molecule has 1 aliphatic heterocycles. The van der Waals surface area contributed by atoms with Crippen LogP contribution in [0.2, 0.25) is 0 Å². The summed E-state index contributed by atoms with van der Waals surface area (Å²) in [5, 5.41) is 0. The second-order valence-electron chi connectivity index (χ2n) is 5.16. The number of sulfonamides is 1. The van der Waals surface area contributed by atoms with E-state index in [4.69, 9.17) is 0 Å². The van der Waals surface area contributed by atoms with Crippen LogP contribution in [0, 0.1) is 0 Å². The maximum Gasteiger partial charge on any atom is 0.242 e. The molecule has 1 heterocycles. The molecule has 4 heteroatoms. The van der Waals surface area contributed by atoms with Gasteiger partial charge in [-0.3, -0.25) is 0 Å². The molecule has 96 valence electrons. The normalized spacial score (nSPS) is 26.3. The fourth-order valence-corrected chi connectivity index (χ4v) is 5.07. The average molecular weight is 271 g/mol. The second kappa shape index (κ2) is 3.46. The van der Waals surface area contributed by atoms with Crippen molar-refractivity contribution in [2.45, 2.75) is 23.3 Å². The highest BCUT2D eigenvalue weighted by Crippen LogP contribution is 2.48. The molecule has 0 saturated carbocycles. The van der Waals surface area contributed by atoms with Crippen LogP contribution in [-0.4, -0.2) is 8.42 Å². The van der Waals surface area contributed by atoms with E-state index < -0.39 is 15.6 Å². The first-order chi connectivity index (χ1) is 9.13. The van der Waals surface area contributed by atoms with Crippen LogP contribution in [0.4, 0.5) is 0 Å². The van der Waals surface area contributed by atoms with Gasteiger partial charge in [-0.2, -0.15) is 4.72 Å². The zero-order valence-electron chi connectivity index (χ0n) is 10.3. The van der Waals surface area contributed by atoms with E-state index in [0.29, 0.717) is 4.90 Å². The molecule has 0 unspecified atom stereocenters. The zero-order chi connectivity index (χ0) is 13.1. The van der Waals surface area contributed by atoms with Crippen molar-refractivity contribution in [2.75, 3.05) is 0 Å². The number of benzene rings is 2. The van der Waals surface area contributed by atoms with Crippen LogP contribution in [0.1, 0.15) is 23.1 Å². The maximum absolute atomic E-state index is 12.3. The molecule has 0 fully saturated rings. The lowest BCUT2D eigenvalue weighted by molar-refractivity contribution is 0.482. The van der Waals surface area contributed by atoms with Gasteiger partial charge in [0.1, 0.15) is 0 Å². The van der Waals surface area contributed by atoms with Gasteiger partial charge in [-0.25, -0.2) is 8.42 Å². The van der Waals surface area contributed by atoms with Crippen molar-refractivity contribution >= 4 is 10.0 Å². The topological polar surface area (TPSA) is 46.2 Å². The Morgan fingerprint density at radius 2 is 1.63 bits per heavy atom. The Morgan fingerprint density at radius 1 is 0.947 bits per heavy atom. The summed E-state index contributed by atoms with van der Waals surface area (Å²) in [6.45, 7) is 0. The molecule has 2 aromatic carbocycles. The van der Waals surface area contributed by atoms with Crippen molar-refractivity contribution in [1.82, 2.24) is 4.72 Å². The first kappa shape index (κ1) is 11.2. The van der Waals surface area contributed by atoms with Crippen molar-refractivity contribution in [3.05, 3.63) is 65.2 Å². The number of hydrogen-bond donors (Lipinski definition) is 1. The van der Waals surface area contributed by atoms with Crippen LogP contribution in [-0.2, 0) is 22.0 Å². The van der Waals surface area contributed by atoms with Gasteiger partial charge in [0.05, 0.1) is 10.4 Å². The summed E-state index contributed by atoms with van der Waals surface area (Å²) in [5.74, 6) is 0. The van der Waals surface area contributed by atoms with E-state index in [0.717, 1.165) is 24.0 Å². The molecule has 0 bridgehead atoms. The van der Waals surface area contributed by atoms with Crippen LogP contribution in [0.25, 0.3) is 0 Å². The number of rotatable bonds is 0. The van der Waals surface area contributed by atoms with E-state index in [-0.39, 0.29) is 0 Å². The van der Waals surface area contributed by atoms with E-state index in [1.807, 2.05) is 30.3 Å². The summed E-state index contributed by atoms with van der Waals surface area (Å²) in [6, 6.07) is 15.4. The third-order valence-corrected chi connectivity index (χ3v) is 5.74. The van der Waals surface area contributed by atoms with Gasteiger partial charge in [-0.1, -0.05) is 42.5 Å². The lowest BCUT2D eigenvalue weighted by Crippen LogP contribution is -2.38. The molecule has 3 nitrogen and oxygen atoms in total. The lowest BCUT2D eigenvalue weighted by atomic mass is 9.85. The lowest BCUT2D eigenvalue weighted by Gasteiger charge is -2.25. The largest absolute Gasteiger partial charge is 0.242 e. The highest BCUT2D eigenvalue weighted by Gasteiger charge is 2.50. The highest BCUT2D eigenvalue weighted by molar-refractivity contribution is 7.89. The molecule has 1 atom stereocenters. The molecule has 1 N–H and O–H groups in total. The van der Waals surface area contributed by atoms with Crippen LogP contribution < -0.4 is 4.72 Å². The number of aryl methyl sites for hydroxylation is 1. The van der Waals surface area contributed by atoms with E-state index in [9.17, 15) is 8.42 Å². The Bertz CT molecular complexity index is 782. The van der Waals surface area contributed by atoms with Gasteiger partial charge < -0.3 is 0 Å². The molecule has 0 saturated heterocycles. The summed E-state index contributed by atoms with van der Waals surface area (Å²) < 4.78 is 27.5. The summed E-state index contributed by atoms with van der Waals surface area (Å²) in [6.07, 6.45) is 1.70. The van der Waals surface area contributed by atoms with Crippen molar-refractivity contribution in [1.29, 1.82) is 0 Å². The summed E-state index contributed by atoms with van der Waals surface area (Å²) >= 11 is 0. The van der Waals surface area contributed by atoms with E-state index >= 15 is 0 Å². The number of hydrogen-bond acceptors (Lipinski definition) is 2. The zero-order valence-corrected chi connectivity index (χ0v) is 11.1. The van der Waals surface area contributed by atoms with Gasteiger partial charge in [-0.05, 0) is 35.6 Å². The molecule has 0 aromatic heterocycles. The third-order valence-electron chi connectivity index (χ3n) is 4.19. The van der Waals surface area contributed by atoms with E-state index in [1.165, 1.54) is 5.56 Å². The first-order valence-electron chi connectivity index (χ1n) is 6.35. The maximum atomic E-state index is 12.3. The Balaban J connectivity index is 2.06. The predicted molar refractivity (Wildman–Crippen MR) is 72.3 cm³/mol. The molecular formula is C15H13NO2S. The second-order valence-corrected chi connectivity index (χ2v) is 6.81. The third kappa shape index (κ3) is 1.33. The van der Waals surface area contributed by atoms with Crippen LogP contribution in [0.5, 0.6) is 0 Å². The molecule has 1 spiro atoms. The van der Waals surface area contributed by atoms with E-state index in [2.05, 4.69) is 10.8 Å². The SMILES string of the molecule is O=S1(=O)N[C@]2(CCc3ccccc32)c2ccccc21. The minimum atomic E-state index is -3.39. The molecule has 1 aliphatic carbocycles. The van der Waals surface area contributed by atoms with Crippen molar-refractivity contribution in [3.8, 4) is 0 Å². The van der Waals surface area contributed by atoms with Crippen LogP contribution in [0.3, 0.4) is 0 Å². The van der Waals surface area contributed by atoms with Gasteiger partial charge in [-0.15, -0.1) is 0 Å². The number of nitrogens with one attached hydrogen (secondary N) is 1. The van der Waals surface area contributed by atoms with Crippen LogP contribution in [0.15, 0.2) is 53.4 Å². The fourth-order valence-electron chi connectivity index (χ4n) is 3.39.